The molecule has 0 amide bonds. The van der Waals surface area contributed by atoms with Gasteiger partial charge in [-0.25, -0.2) is 10.7 Å². The molecule has 0 aliphatic rings. The molecule has 190 valence electrons. The summed E-state index contributed by atoms with van der Waals surface area (Å²) < 4.78 is 0. The third-order valence-corrected chi connectivity index (χ3v) is 6.02. The van der Waals surface area contributed by atoms with E-state index >= 15 is 0 Å². The Balaban J connectivity index is 0.000000206. The molecule has 4 aromatic carbocycles. The standard InChI is InChI=1S/C15H15NO3.C15H15NO2/c1-10-3-6-12(7-4-10)15(17)14-9-13(16-19-18)8-5-11(14)2;1-11-3-6-13(7-4-11)9-14-10-15(16(17)18)8-5-12(14)2/h3-9,16,18H,1-2H3;3-8,10H,9H2,1-2H3. The Kier molecular flexibility index (Phi) is 9.27. The van der Waals surface area contributed by atoms with Crippen molar-refractivity contribution in [2.75, 3.05) is 5.48 Å². The molecule has 0 unspecified atom stereocenters. The fourth-order valence-electron chi connectivity index (χ4n) is 3.73. The largest absolute Gasteiger partial charge is 0.289 e. The normalized spacial score (nSPS) is 10.3. The van der Waals surface area contributed by atoms with Crippen LogP contribution in [0.4, 0.5) is 11.4 Å². The molecular formula is C30H30N2O5. The average Bonchev–Trinajstić information content (AvgIpc) is 2.88. The third kappa shape index (κ3) is 7.57. The number of hydrogen-bond donors (Lipinski definition) is 2. The fourth-order valence-corrected chi connectivity index (χ4v) is 3.73. The quantitative estimate of drug-likeness (QED) is 0.121. The minimum atomic E-state index is -0.349. The van der Waals surface area contributed by atoms with Gasteiger partial charge in [-0.15, -0.1) is 4.99 Å². The van der Waals surface area contributed by atoms with Gasteiger partial charge in [0.25, 0.3) is 5.69 Å². The molecular weight excluding hydrogens is 468 g/mol. The third-order valence-electron chi connectivity index (χ3n) is 6.02. The molecule has 0 atom stereocenters. The average molecular weight is 499 g/mol. The number of hydrogen-bond acceptors (Lipinski definition) is 6. The molecule has 2 N–H and O–H groups in total. The Morgan fingerprint density at radius 3 is 2.03 bits per heavy atom. The van der Waals surface area contributed by atoms with Crippen molar-refractivity contribution < 1.29 is 20.0 Å². The molecule has 7 nitrogen and oxygen atoms in total. The van der Waals surface area contributed by atoms with Crippen molar-refractivity contribution in [3.8, 4) is 0 Å². The molecule has 0 fully saturated rings. The molecule has 0 heterocycles. The minimum Gasteiger partial charge on any atom is -0.289 e. The number of aryl methyl sites for hydroxylation is 4. The number of rotatable bonds is 7. The number of nitro benzene ring substituents is 1. The molecule has 0 aromatic heterocycles. The van der Waals surface area contributed by atoms with Crippen molar-refractivity contribution in [3.63, 3.8) is 0 Å². The molecule has 7 heteroatoms. The maximum absolute atomic E-state index is 12.4. The van der Waals surface area contributed by atoms with E-state index in [4.69, 9.17) is 5.26 Å². The van der Waals surface area contributed by atoms with Gasteiger partial charge in [-0.2, -0.15) is 0 Å². The first-order valence-electron chi connectivity index (χ1n) is 11.8. The molecule has 0 spiro atoms. The Bertz CT molecular complexity index is 1380. The van der Waals surface area contributed by atoms with Gasteiger partial charge < -0.3 is 0 Å². The van der Waals surface area contributed by atoms with Crippen LogP contribution in [0.5, 0.6) is 0 Å². The van der Waals surface area contributed by atoms with Gasteiger partial charge in [-0.3, -0.25) is 14.9 Å². The van der Waals surface area contributed by atoms with Gasteiger partial charge in [0.05, 0.1) is 10.6 Å². The van der Waals surface area contributed by atoms with E-state index in [1.165, 1.54) is 11.1 Å². The number of nitrogens with one attached hydrogen (secondary N) is 1. The Morgan fingerprint density at radius 2 is 1.43 bits per heavy atom. The lowest BCUT2D eigenvalue weighted by Crippen LogP contribution is -2.05. The second-order valence-electron chi connectivity index (χ2n) is 8.95. The zero-order valence-electron chi connectivity index (χ0n) is 21.3. The first kappa shape index (κ1) is 27.3. The number of nitro groups is 1. The second-order valence-corrected chi connectivity index (χ2v) is 8.95. The van der Waals surface area contributed by atoms with Crippen molar-refractivity contribution in [1.29, 1.82) is 0 Å². The van der Waals surface area contributed by atoms with Crippen LogP contribution in [-0.2, 0) is 11.4 Å². The molecule has 4 aromatic rings. The van der Waals surface area contributed by atoms with Gasteiger partial charge in [-0.1, -0.05) is 71.8 Å². The maximum Gasteiger partial charge on any atom is 0.269 e. The van der Waals surface area contributed by atoms with Gasteiger partial charge in [-0.05, 0) is 68.5 Å². The second kappa shape index (κ2) is 12.6. The molecule has 0 saturated carbocycles. The lowest BCUT2D eigenvalue weighted by Gasteiger charge is -2.08. The van der Waals surface area contributed by atoms with Crippen LogP contribution in [0.15, 0.2) is 84.9 Å². The van der Waals surface area contributed by atoms with E-state index in [0.29, 0.717) is 16.8 Å². The summed E-state index contributed by atoms with van der Waals surface area (Å²) in [5.74, 6) is -0.0564. The van der Waals surface area contributed by atoms with E-state index in [-0.39, 0.29) is 16.4 Å². The van der Waals surface area contributed by atoms with Crippen molar-refractivity contribution in [1.82, 2.24) is 0 Å². The number of non-ortho nitro benzene ring substituents is 1. The summed E-state index contributed by atoms with van der Waals surface area (Å²) in [6, 6.07) is 25.8. The fraction of sp³-hybridized carbons (Fsp3) is 0.167. The maximum atomic E-state index is 12.4. The minimum absolute atomic E-state index is 0.0564. The van der Waals surface area contributed by atoms with E-state index in [9.17, 15) is 14.9 Å². The molecule has 4 rings (SSSR count). The van der Waals surface area contributed by atoms with E-state index < -0.39 is 0 Å². The lowest BCUT2D eigenvalue weighted by molar-refractivity contribution is -0.384. The summed E-state index contributed by atoms with van der Waals surface area (Å²) in [6.45, 7) is 7.86. The topological polar surface area (TPSA) is 102 Å². The monoisotopic (exact) mass is 498 g/mol. The summed E-state index contributed by atoms with van der Waals surface area (Å²) in [5, 5.41) is 19.1. The smallest absolute Gasteiger partial charge is 0.269 e. The number of carbonyl (C=O) groups excluding carboxylic acids is 1. The number of benzene rings is 4. The zero-order valence-corrected chi connectivity index (χ0v) is 21.3. The van der Waals surface area contributed by atoms with Crippen molar-refractivity contribution in [3.05, 3.63) is 140 Å². The van der Waals surface area contributed by atoms with Gasteiger partial charge in [0.1, 0.15) is 0 Å². The van der Waals surface area contributed by atoms with Crippen molar-refractivity contribution >= 4 is 17.2 Å². The Labute approximate surface area is 216 Å². The van der Waals surface area contributed by atoms with Crippen LogP contribution in [0.25, 0.3) is 0 Å². The highest BCUT2D eigenvalue weighted by atomic mass is 17.2. The van der Waals surface area contributed by atoms with Gasteiger partial charge in [0.15, 0.2) is 5.78 Å². The van der Waals surface area contributed by atoms with Gasteiger partial charge in [0.2, 0.25) is 0 Å². The first-order valence-corrected chi connectivity index (χ1v) is 11.8. The molecule has 0 radical (unpaired) electrons. The van der Waals surface area contributed by atoms with Crippen LogP contribution in [0.3, 0.4) is 0 Å². The predicted octanol–water partition coefficient (Wildman–Crippen LogP) is 7.15. The molecule has 0 saturated heterocycles. The summed E-state index contributed by atoms with van der Waals surface area (Å²) in [6.07, 6.45) is 0.730. The van der Waals surface area contributed by atoms with Crippen LogP contribution in [0, 0.1) is 37.8 Å². The number of anilines is 1. The molecule has 0 aliphatic heterocycles. The number of ketones is 1. The molecule has 0 bridgehead atoms. The molecule has 37 heavy (non-hydrogen) atoms. The van der Waals surface area contributed by atoms with Crippen molar-refractivity contribution in [2.45, 2.75) is 34.1 Å². The Hall–Kier alpha value is -4.33. The Morgan fingerprint density at radius 1 is 0.838 bits per heavy atom. The summed E-state index contributed by atoms with van der Waals surface area (Å²) >= 11 is 0. The summed E-state index contributed by atoms with van der Waals surface area (Å²) in [5.41, 5.74) is 10.6. The highest BCUT2D eigenvalue weighted by Gasteiger charge is 2.12. The van der Waals surface area contributed by atoms with Crippen LogP contribution in [-0.4, -0.2) is 16.0 Å². The zero-order chi connectivity index (χ0) is 26.9. The van der Waals surface area contributed by atoms with E-state index in [1.54, 1.807) is 42.5 Å². The van der Waals surface area contributed by atoms with Crippen LogP contribution in [0.2, 0.25) is 0 Å². The number of carbonyl (C=O) groups is 1. The SMILES string of the molecule is Cc1ccc(C(=O)c2cc(NOO)ccc2C)cc1.Cc1ccc(Cc2cc([N+](=O)[O-])ccc2C)cc1. The van der Waals surface area contributed by atoms with Gasteiger partial charge in [0, 0.05) is 23.3 Å². The number of nitrogens with zero attached hydrogens (tertiary/aromatic N) is 1. The van der Waals surface area contributed by atoms with Crippen LogP contribution < -0.4 is 5.48 Å². The van der Waals surface area contributed by atoms with Crippen molar-refractivity contribution in [2.24, 2.45) is 0 Å². The summed E-state index contributed by atoms with van der Waals surface area (Å²) in [7, 11) is 0. The molecule has 0 aliphatic carbocycles. The highest BCUT2D eigenvalue weighted by molar-refractivity contribution is 6.10. The van der Waals surface area contributed by atoms with E-state index in [2.05, 4.69) is 34.7 Å². The van der Waals surface area contributed by atoms with Crippen LogP contribution in [0.1, 0.15) is 49.3 Å². The lowest BCUT2D eigenvalue weighted by atomic mass is 9.98. The van der Waals surface area contributed by atoms with E-state index in [0.717, 1.165) is 28.7 Å². The highest BCUT2D eigenvalue weighted by Crippen LogP contribution is 2.21. The van der Waals surface area contributed by atoms with E-state index in [1.807, 2.05) is 45.9 Å². The van der Waals surface area contributed by atoms with Gasteiger partial charge >= 0.3 is 0 Å². The first-order chi connectivity index (χ1) is 17.7. The van der Waals surface area contributed by atoms with Crippen LogP contribution >= 0.6 is 0 Å². The summed E-state index contributed by atoms with van der Waals surface area (Å²) in [4.78, 5) is 26.7. The predicted molar refractivity (Wildman–Crippen MR) is 145 cm³/mol.